The van der Waals surface area contributed by atoms with E-state index in [1.165, 1.54) is 12.4 Å². The molecule has 0 aliphatic heterocycles. The molecule has 0 spiro atoms. The summed E-state index contributed by atoms with van der Waals surface area (Å²) in [6.45, 7) is 2.36. The van der Waals surface area contributed by atoms with Gasteiger partial charge in [0.1, 0.15) is 4.90 Å². The van der Waals surface area contributed by atoms with Gasteiger partial charge in [0.25, 0.3) is 0 Å². The number of sulfonamides is 1. The average Bonchev–Trinajstić information content (AvgIpc) is 2.67. The zero-order chi connectivity index (χ0) is 10.6. The number of alkyl halides is 1. The molecule has 1 heterocycles. The Balaban J connectivity index is 2.60. The van der Waals surface area contributed by atoms with Gasteiger partial charge in [0.05, 0.1) is 6.20 Å². The van der Waals surface area contributed by atoms with Crippen LogP contribution in [0.15, 0.2) is 17.3 Å². The summed E-state index contributed by atoms with van der Waals surface area (Å²) < 4.78 is 25.5. The van der Waals surface area contributed by atoms with E-state index >= 15 is 0 Å². The minimum Gasteiger partial charge on any atom is -0.284 e. The van der Waals surface area contributed by atoms with Crippen molar-refractivity contribution in [3.05, 3.63) is 12.4 Å². The quantitative estimate of drug-likeness (QED) is 0.787. The van der Waals surface area contributed by atoms with E-state index in [9.17, 15) is 8.42 Å². The fraction of sp³-hybridized carbons (Fsp3) is 0.571. The van der Waals surface area contributed by atoms with Gasteiger partial charge in [-0.2, -0.15) is 5.10 Å². The second-order valence-corrected chi connectivity index (χ2v) is 5.85. The second-order valence-electron chi connectivity index (χ2n) is 2.79. The average molecular weight is 282 g/mol. The van der Waals surface area contributed by atoms with E-state index in [4.69, 9.17) is 0 Å². The number of halogens is 1. The molecular formula is C7H12BrN3O2S. The van der Waals surface area contributed by atoms with Gasteiger partial charge in [-0.3, -0.25) is 5.10 Å². The monoisotopic (exact) mass is 281 g/mol. The van der Waals surface area contributed by atoms with Crippen molar-refractivity contribution in [3.63, 3.8) is 0 Å². The van der Waals surface area contributed by atoms with Crippen molar-refractivity contribution in [2.45, 2.75) is 23.1 Å². The van der Waals surface area contributed by atoms with E-state index in [-0.39, 0.29) is 9.72 Å². The summed E-state index contributed by atoms with van der Waals surface area (Å²) in [5.74, 6) is 0. The van der Waals surface area contributed by atoms with Crippen LogP contribution in [0, 0.1) is 0 Å². The van der Waals surface area contributed by atoms with Crippen LogP contribution in [0.25, 0.3) is 0 Å². The summed E-state index contributed by atoms with van der Waals surface area (Å²) >= 11 is 3.34. The van der Waals surface area contributed by atoms with E-state index in [0.29, 0.717) is 6.54 Å². The van der Waals surface area contributed by atoms with Gasteiger partial charge in [-0.25, -0.2) is 13.1 Å². The third-order valence-corrected chi connectivity index (χ3v) is 4.08. The maximum absolute atomic E-state index is 11.5. The van der Waals surface area contributed by atoms with Crippen LogP contribution in [-0.4, -0.2) is 30.0 Å². The minimum absolute atomic E-state index is 0.157. The van der Waals surface area contributed by atoms with Crippen LogP contribution in [0.1, 0.15) is 13.3 Å². The Morgan fingerprint density at radius 2 is 2.43 bits per heavy atom. The molecule has 80 valence electrons. The minimum atomic E-state index is -3.40. The third-order valence-electron chi connectivity index (χ3n) is 1.72. The highest BCUT2D eigenvalue weighted by molar-refractivity contribution is 9.09. The Morgan fingerprint density at radius 1 is 1.71 bits per heavy atom. The molecule has 0 saturated heterocycles. The summed E-state index contributed by atoms with van der Waals surface area (Å²) in [5.41, 5.74) is 0. The molecule has 14 heavy (non-hydrogen) atoms. The summed E-state index contributed by atoms with van der Waals surface area (Å²) in [7, 11) is -3.40. The predicted molar refractivity (Wildman–Crippen MR) is 56.8 cm³/mol. The van der Waals surface area contributed by atoms with Crippen LogP contribution in [0.5, 0.6) is 0 Å². The van der Waals surface area contributed by atoms with Crippen LogP contribution in [0.4, 0.5) is 0 Å². The fourth-order valence-electron chi connectivity index (χ4n) is 0.814. The summed E-state index contributed by atoms with van der Waals surface area (Å²) in [6.07, 6.45) is 3.49. The van der Waals surface area contributed by atoms with Crippen LogP contribution in [0.2, 0.25) is 0 Å². The SMILES string of the molecule is CCC(Br)CNS(=O)(=O)c1cn[nH]c1. The van der Waals surface area contributed by atoms with Crippen LogP contribution in [-0.2, 0) is 10.0 Å². The number of hydrogen-bond acceptors (Lipinski definition) is 3. The lowest BCUT2D eigenvalue weighted by atomic mass is 10.3. The van der Waals surface area contributed by atoms with Crippen molar-refractivity contribution in [1.29, 1.82) is 0 Å². The number of aromatic nitrogens is 2. The Bertz CT molecular complexity index is 362. The van der Waals surface area contributed by atoms with Crippen molar-refractivity contribution in [2.24, 2.45) is 0 Å². The van der Waals surface area contributed by atoms with Gasteiger partial charge >= 0.3 is 0 Å². The van der Waals surface area contributed by atoms with E-state index < -0.39 is 10.0 Å². The molecular weight excluding hydrogens is 270 g/mol. The molecule has 0 bridgehead atoms. The van der Waals surface area contributed by atoms with Gasteiger partial charge in [0.15, 0.2) is 0 Å². The number of aromatic amines is 1. The maximum Gasteiger partial charge on any atom is 0.243 e. The van der Waals surface area contributed by atoms with Gasteiger partial charge in [0.2, 0.25) is 10.0 Å². The lowest BCUT2D eigenvalue weighted by molar-refractivity contribution is 0.580. The van der Waals surface area contributed by atoms with E-state index in [2.05, 4.69) is 30.8 Å². The molecule has 1 unspecified atom stereocenters. The van der Waals surface area contributed by atoms with Gasteiger partial charge < -0.3 is 0 Å². The fourth-order valence-corrected chi connectivity index (χ4v) is 2.18. The molecule has 0 fully saturated rings. The lowest BCUT2D eigenvalue weighted by Gasteiger charge is -2.07. The molecule has 5 nitrogen and oxygen atoms in total. The van der Waals surface area contributed by atoms with Gasteiger partial charge in [0, 0.05) is 17.6 Å². The normalized spacial score (nSPS) is 14.1. The van der Waals surface area contributed by atoms with Crippen molar-refractivity contribution in [2.75, 3.05) is 6.54 Å². The molecule has 0 aliphatic rings. The smallest absolute Gasteiger partial charge is 0.243 e. The van der Waals surface area contributed by atoms with Crippen LogP contribution < -0.4 is 4.72 Å². The molecule has 0 saturated carbocycles. The van der Waals surface area contributed by atoms with E-state index in [0.717, 1.165) is 6.42 Å². The lowest BCUT2D eigenvalue weighted by Crippen LogP contribution is -2.29. The Hall–Kier alpha value is -0.400. The first-order valence-electron chi connectivity index (χ1n) is 4.18. The Morgan fingerprint density at radius 3 is 2.93 bits per heavy atom. The first kappa shape index (κ1) is 11.7. The molecule has 0 amide bonds. The van der Waals surface area contributed by atoms with Gasteiger partial charge in [-0.1, -0.05) is 22.9 Å². The first-order chi connectivity index (χ1) is 6.56. The predicted octanol–water partition coefficient (Wildman–Crippen LogP) is 0.862. The molecule has 7 heteroatoms. The molecule has 0 aliphatic carbocycles. The maximum atomic E-state index is 11.5. The summed E-state index contributed by atoms with van der Waals surface area (Å²) in [6, 6.07) is 0. The number of hydrogen-bond donors (Lipinski definition) is 2. The highest BCUT2D eigenvalue weighted by atomic mass is 79.9. The molecule has 1 aromatic rings. The first-order valence-corrected chi connectivity index (χ1v) is 6.58. The van der Waals surface area contributed by atoms with Crippen molar-refractivity contribution in [1.82, 2.24) is 14.9 Å². The number of nitrogens with one attached hydrogen (secondary N) is 2. The standard InChI is InChI=1S/C7H12BrN3O2S/c1-2-6(8)3-11-14(12,13)7-4-9-10-5-7/h4-6,11H,2-3H2,1H3,(H,9,10). The van der Waals surface area contributed by atoms with Crippen molar-refractivity contribution < 1.29 is 8.42 Å². The van der Waals surface area contributed by atoms with Gasteiger partial charge in [-0.15, -0.1) is 0 Å². The number of nitrogens with zero attached hydrogens (tertiary/aromatic N) is 1. The molecule has 1 aromatic heterocycles. The molecule has 1 atom stereocenters. The highest BCUT2D eigenvalue weighted by Crippen LogP contribution is 2.07. The number of rotatable bonds is 5. The van der Waals surface area contributed by atoms with Crippen molar-refractivity contribution in [3.8, 4) is 0 Å². The largest absolute Gasteiger partial charge is 0.284 e. The highest BCUT2D eigenvalue weighted by Gasteiger charge is 2.15. The summed E-state index contributed by atoms with van der Waals surface area (Å²) in [5, 5.41) is 6.04. The Labute approximate surface area is 91.5 Å². The molecule has 0 radical (unpaired) electrons. The van der Waals surface area contributed by atoms with Gasteiger partial charge in [-0.05, 0) is 6.42 Å². The Kier molecular flexibility index (Phi) is 4.09. The molecule has 1 rings (SSSR count). The van der Waals surface area contributed by atoms with Crippen molar-refractivity contribution >= 4 is 26.0 Å². The summed E-state index contributed by atoms with van der Waals surface area (Å²) in [4.78, 5) is 0.317. The zero-order valence-corrected chi connectivity index (χ0v) is 10.1. The topological polar surface area (TPSA) is 74.8 Å². The van der Waals surface area contributed by atoms with E-state index in [1.54, 1.807) is 0 Å². The van der Waals surface area contributed by atoms with Crippen LogP contribution in [0.3, 0.4) is 0 Å². The molecule has 2 N–H and O–H groups in total. The molecule has 0 aromatic carbocycles. The third kappa shape index (κ3) is 3.07. The number of H-pyrrole nitrogens is 1. The second kappa shape index (κ2) is 4.90. The zero-order valence-electron chi connectivity index (χ0n) is 7.70. The van der Waals surface area contributed by atoms with E-state index in [1.807, 2.05) is 6.92 Å². The van der Waals surface area contributed by atoms with Crippen LogP contribution >= 0.6 is 15.9 Å².